The number of aromatic nitrogens is 2. The van der Waals surface area contributed by atoms with Crippen molar-refractivity contribution >= 4 is 43.5 Å². The van der Waals surface area contributed by atoms with Crippen molar-refractivity contribution in [1.82, 2.24) is 9.97 Å². The van der Waals surface area contributed by atoms with Gasteiger partial charge >= 0.3 is 0 Å². The molecule has 3 nitrogen and oxygen atoms in total. The molecule has 0 atom stereocenters. The fourth-order valence-corrected chi connectivity index (χ4v) is 8.84. The molecule has 0 bridgehead atoms. The van der Waals surface area contributed by atoms with Crippen molar-refractivity contribution in [2.24, 2.45) is 0 Å². The Kier molecular flexibility index (Phi) is 6.60. The van der Waals surface area contributed by atoms with Crippen LogP contribution < -0.4 is 0 Å². The van der Waals surface area contributed by atoms with Gasteiger partial charge in [-0.15, -0.1) is 0 Å². The Hall–Kier alpha value is -6.84. The molecule has 0 saturated carbocycles. The van der Waals surface area contributed by atoms with Gasteiger partial charge in [0.2, 0.25) is 0 Å². The van der Waals surface area contributed by atoms with E-state index in [4.69, 9.17) is 14.4 Å². The zero-order valence-electron chi connectivity index (χ0n) is 30.0. The second-order valence-corrected chi connectivity index (χ2v) is 14.9. The van der Waals surface area contributed by atoms with Crippen molar-refractivity contribution in [3.8, 4) is 56.2 Å². The van der Waals surface area contributed by atoms with Crippen LogP contribution in [0.2, 0.25) is 0 Å². The van der Waals surface area contributed by atoms with Crippen LogP contribution in [0.3, 0.4) is 0 Å². The lowest BCUT2D eigenvalue weighted by Gasteiger charge is -2.22. The predicted octanol–water partition coefficient (Wildman–Crippen LogP) is 13.7. The smallest absolute Gasteiger partial charge is 0.160 e. The van der Waals surface area contributed by atoms with E-state index in [1.165, 1.54) is 44.2 Å². The minimum absolute atomic E-state index is 0.109. The van der Waals surface area contributed by atoms with Gasteiger partial charge in [-0.3, -0.25) is 0 Å². The average Bonchev–Trinajstić information content (AvgIpc) is 3.72. The summed E-state index contributed by atoms with van der Waals surface area (Å²) < 4.78 is 6.45. The Morgan fingerprint density at radius 1 is 0.389 bits per heavy atom. The maximum atomic E-state index is 6.45. The molecular weight excluding hydrogens is 657 g/mol. The Morgan fingerprint density at radius 2 is 0.981 bits per heavy atom. The summed E-state index contributed by atoms with van der Waals surface area (Å²) in [7, 11) is 0. The third-order valence-electron chi connectivity index (χ3n) is 11.5. The summed E-state index contributed by atoms with van der Waals surface area (Å²) in [6, 6.07) is 60.6. The molecule has 2 heterocycles. The van der Waals surface area contributed by atoms with Crippen molar-refractivity contribution in [3.05, 3.63) is 181 Å². The lowest BCUT2D eigenvalue weighted by Crippen LogP contribution is -2.14. The van der Waals surface area contributed by atoms with Crippen molar-refractivity contribution in [1.29, 1.82) is 0 Å². The first-order valence-corrected chi connectivity index (χ1v) is 18.6. The topological polar surface area (TPSA) is 38.9 Å². The van der Waals surface area contributed by atoms with Crippen LogP contribution >= 0.6 is 0 Å². The molecule has 0 unspecified atom stereocenters. The highest BCUT2D eigenvalue weighted by Crippen LogP contribution is 2.50. The molecule has 0 N–H and O–H groups in total. The first kappa shape index (κ1) is 30.8. The van der Waals surface area contributed by atoms with E-state index in [0.29, 0.717) is 5.82 Å². The minimum Gasteiger partial charge on any atom is -0.455 e. The van der Waals surface area contributed by atoms with Gasteiger partial charge in [0, 0.05) is 38.3 Å². The van der Waals surface area contributed by atoms with Crippen LogP contribution in [0.5, 0.6) is 0 Å². The molecule has 1 aliphatic rings. The summed E-state index contributed by atoms with van der Waals surface area (Å²) >= 11 is 0. The van der Waals surface area contributed by atoms with E-state index < -0.39 is 0 Å². The molecule has 8 aromatic carbocycles. The molecule has 10 aromatic rings. The van der Waals surface area contributed by atoms with E-state index in [1.807, 2.05) is 12.1 Å². The van der Waals surface area contributed by atoms with Gasteiger partial charge in [0.1, 0.15) is 11.2 Å². The highest BCUT2D eigenvalue weighted by Gasteiger charge is 2.35. The number of hydrogen-bond acceptors (Lipinski definition) is 3. The van der Waals surface area contributed by atoms with Gasteiger partial charge in [-0.05, 0) is 73.8 Å². The van der Waals surface area contributed by atoms with Crippen LogP contribution in [0.25, 0.3) is 99.6 Å². The van der Waals surface area contributed by atoms with Crippen LogP contribution in [0.15, 0.2) is 174 Å². The fraction of sp³-hybridized carbons (Fsp3) is 0.0588. The molecule has 0 spiro atoms. The van der Waals surface area contributed by atoms with E-state index in [9.17, 15) is 0 Å². The van der Waals surface area contributed by atoms with Crippen LogP contribution in [-0.2, 0) is 5.41 Å². The van der Waals surface area contributed by atoms with Gasteiger partial charge in [0.25, 0.3) is 0 Å². The average molecular weight is 691 g/mol. The second-order valence-electron chi connectivity index (χ2n) is 14.9. The Labute approximate surface area is 313 Å². The zero-order valence-corrected chi connectivity index (χ0v) is 30.0. The number of fused-ring (bicyclic) bond motifs is 9. The molecule has 254 valence electrons. The highest BCUT2D eigenvalue weighted by atomic mass is 16.3. The lowest BCUT2D eigenvalue weighted by atomic mass is 9.82. The Balaban J connectivity index is 1.12. The predicted molar refractivity (Wildman–Crippen MR) is 224 cm³/mol. The SMILES string of the molecule is CC1(C)c2ccccc2-c2ccc(-c3cc(-c4ccc(-c5cc6c7ccccc7oc6c6ccccc56)c5ccccc45)nc(-c4ccccc4)n3)cc21. The zero-order chi connectivity index (χ0) is 36.0. The van der Waals surface area contributed by atoms with E-state index in [2.05, 4.69) is 172 Å². The second kappa shape index (κ2) is 11.6. The van der Waals surface area contributed by atoms with Crippen LogP contribution in [0.1, 0.15) is 25.0 Å². The summed E-state index contributed by atoms with van der Waals surface area (Å²) in [6.45, 7) is 4.65. The van der Waals surface area contributed by atoms with E-state index in [1.54, 1.807) is 0 Å². The number of rotatable bonds is 4. The number of nitrogens with zero attached hydrogens (tertiary/aromatic N) is 2. The van der Waals surface area contributed by atoms with Crippen LogP contribution in [-0.4, -0.2) is 9.97 Å². The summed E-state index contributed by atoms with van der Waals surface area (Å²) in [5, 5.41) is 6.85. The Bertz CT molecular complexity index is 3130. The molecule has 3 heteroatoms. The Morgan fingerprint density at radius 3 is 1.80 bits per heavy atom. The minimum atomic E-state index is -0.109. The van der Waals surface area contributed by atoms with Gasteiger partial charge < -0.3 is 4.42 Å². The molecule has 0 amide bonds. The third kappa shape index (κ3) is 4.55. The summed E-state index contributed by atoms with van der Waals surface area (Å²) in [5.41, 5.74) is 14.3. The quantitative estimate of drug-likeness (QED) is 0.184. The van der Waals surface area contributed by atoms with Gasteiger partial charge in [0.15, 0.2) is 5.82 Å². The van der Waals surface area contributed by atoms with Crippen molar-refractivity contribution in [3.63, 3.8) is 0 Å². The van der Waals surface area contributed by atoms with Crippen molar-refractivity contribution in [2.75, 3.05) is 0 Å². The normalized spacial score (nSPS) is 13.1. The molecule has 54 heavy (non-hydrogen) atoms. The van der Waals surface area contributed by atoms with Crippen LogP contribution in [0.4, 0.5) is 0 Å². The van der Waals surface area contributed by atoms with E-state index in [0.717, 1.165) is 60.8 Å². The standard InChI is InChI=1S/C51H34N2O/c1-51(2)44-22-12-10-19-37(44)38-25-24-32(28-45(38)51)46-30-47(53-50(52-46)31-14-4-3-5-15-31)39-27-26-36(33-16-6-7-17-34(33)39)42-29-43-40-20-11-13-23-48(40)54-49(43)41-21-9-8-18-35(41)42/h3-30H,1-2H3. The summed E-state index contributed by atoms with van der Waals surface area (Å²) in [6.07, 6.45) is 0. The highest BCUT2D eigenvalue weighted by molar-refractivity contribution is 6.21. The maximum absolute atomic E-state index is 6.45. The molecule has 0 aliphatic heterocycles. The largest absolute Gasteiger partial charge is 0.455 e. The molecule has 2 aromatic heterocycles. The monoisotopic (exact) mass is 690 g/mol. The third-order valence-corrected chi connectivity index (χ3v) is 11.5. The maximum Gasteiger partial charge on any atom is 0.160 e. The molecular formula is C51H34N2O. The van der Waals surface area contributed by atoms with Gasteiger partial charge in [-0.1, -0.05) is 159 Å². The van der Waals surface area contributed by atoms with Gasteiger partial charge in [0.05, 0.1) is 11.4 Å². The first-order valence-electron chi connectivity index (χ1n) is 18.6. The molecule has 0 radical (unpaired) electrons. The van der Waals surface area contributed by atoms with Gasteiger partial charge in [-0.25, -0.2) is 9.97 Å². The fourth-order valence-electron chi connectivity index (χ4n) is 8.84. The number of hydrogen-bond donors (Lipinski definition) is 0. The van der Waals surface area contributed by atoms with Crippen molar-refractivity contribution in [2.45, 2.75) is 19.3 Å². The molecule has 0 saturated heterocycles. The molecule has 1 aliphatic carbocycles. The van der Waals surface area contributed by atoms with E-state index in [-0.39, 0.29) is 5.41 Å². The summed E-state index contributed by atoms with van der Waals surface area (Å²) in [5.74, 6) is 0.711. The molecule has 0 fully saturated rings. The number of para-hydroxylation sites is 1. The number of benzene rings is 8. The van der Waals surface area contributed by atoms with Crippen molar-refractivity contribution < 1.29 is 4.42 Å². The summed E-state index contributed by atoms with van der Waals surface area (Å²) in [4.78, 5) is 10.5. The lowest BCUT2D eigenvalue weighted by molar-refractivity contribution is 0.660. The van der Waals surface area contributed by atoms with E-state index >= 15 is 0 Å². The molecule has 11 rings (SSSR count). The van der Waals surface area contributed by atoms with Crippen LogP contribution in [0, 0.1) is 0 Å². The number of furan rings is 1. The van der Waals surface area contributed by atoms with Gasteiger partial charge in [-0.2, -0.15) is 0 Å². The first-order chi connectivity index (χ1) is 26.5.